The third-order valence-electron chi connectivity index (χ3n) is 7.56. The van der Waals surface area contributed by atoms with Crippen LogP contribution in [0.4, 0.5) is 4.79 Å². The third kappa shape index (κ3) is 3.63. The lowest BCUT2D eigenvalue weighted by atomic mass is 9.59. The molecule has 3 rings (SSSR count). The van der Waals surface area contributed by atoms with Crippen molar-refractivity contribution in [3.63, 3.8) is 0 Å². The van der Waals surface area contributed by atoms with E-state index < -0.39 is 22.3 Å². The molecule has 1 amide bonds. The molecule has 1 aliphatic carbocycles. The highest BCUT2D eigenvalue weighted by Gasteiger charge is 2.78. The van der Waals surface area contributed by atoms with Crippen molar-refractivity contribution in [3.8, 4) is 0 Å². The van der Waals surface area contributed by atoms with E-state index in [9.17, 15) is 15.0 Å². The highest BCUT2D eigenvalue weighted by atomic mass is 16.6. The van der Waals surface area contributed by atoms with Gasteiger partial charge in [0.05, 0.1) is 12.1 Å². The van der Waals surface area contributed by atoms with Gasteiger partial charge in [-0.3, -0.25) is 4.90 Å². The van der Waals surface area contributed by atoms with E-state index in [2.05, 4.69) is 13.0 Å². The Morgan fingerprint density at radius 3 is 2.59 bits per heavy atom. The summed E-state index contributed by atoms with van der Waals surface area (Å²) in [5.41, 5.74) is -3.18. The molecule has 5 heteroatoms. The summed E-state index contributed by atoms with van der Waals surface area (Å²) in [6.45, 7) is 7.57. The Kier molecular flexibility index (Phi) is 6.41. The molecule has 166 valence electrons. The number of nitrogens with zero attached hydrogens (tertiary/aromatic N) is 1. The number of unbranched alkanes of at least 4 members (excludes halogenated alkanes) is 4. The molecular formula is C24H41NO4. The molecule has 0 unspecified atom stereocenters. The van der Waals surface area contributed by atoms with E-state index in [1.807, 2.05) is 26.8 Å². The van der Waals surface area contributed by atoms with Crippen LogP contribution in [0, 0.1) is 5.92 Å². The highest BCUT2D eigenvalue weighted by Crippen LogP contribution is 2.66. The predicted octanol–water partition coefficient (Wildman–Crippen LogP) is 4.95. The minimum atomic E-state index is -1.19. The lowest BCUT2D eigenvalue weighted by Gasteiger charge is -2.46. The molecule has 2 N–H and O–H groups in total. The zero-order valence-electron chi connectivity index (χ0n) is 18.9. The number of fused-ring (bicyclic) bond motifs is 1. The number of hydrogen-bond donors (Lipinski definition) is 2. The smallest absolute Gasteiger partial charge is 0.411 e. The van der Waals surface area contributed by atoms with E-state index in [0.717, 1.165) is 44.9 Å². The largest absolute Gasteiger partial charge is 0.444 e. The zero-order chi connectivity index (χ0) is 21.3. The summed E-state index contributed by atoms with van der Waals surface area (Å²) in [5.74, 6) is -0.0379. The first-order valence-corrected chi connectivity index (χ1v) is 11.7. The minimum absolute atomic E-state index is 0.0379. The Bertz CT molecular complexity index is 627. The molecule has 3 aliphatic rings. The van der Waals surface area contributed by atoms with Crippen molar-refractivity contribution in [2.24, 2.45) is 5.92 Å². The van der Waals surface area contributed by atoms with E-state index in [1.54, 1.807) is 4.90 Å². The van der Waals surface area contributed by atoms with E-state index in [1.165, 1.54) is 19.3 Å². The first kappa shape index (κ1) is 22.6. The molecule has 2 saturated heterocycles. The Balaban J connectivity index is 1.93. The van der Waals surface area contributed by atoms with Gasteiger partial charge in [0.1, 0.15) is 16.7 Å². The van der Waals surface area contributed by atoms with Gasteiger partial charge in [-0.2, -0.15) is 0 Å². The second-order valence-electron chi connectivity index (χ2n) is 10.5. The minimum Gasteiger partial charge on any atom is -0.444 e. The van der Waals surface area contributed by atoms with Crippen molar-refractivity contribution in [1.29, 1.82) is 0 Å². The molecular weight excluding hydrogens is 366 g/mol. The van der Waals surface area contributed by atoms with Crippen LogP contribution in [0.2, 0.25) is 0 Å². The maximum atomic E-state index is 13.3. The van der Waals surface area contributed by atoms with Gasteiger partial charge in [-0.1, -0.05) is 51.2 Å². The summed E-state index contributed by atoms with van der Waals surface area (Å²) in [6.07, 6.45) is 14.6. The summed E-state index contributed by atoms with van der Waals surface area (Å²) < 4.78 is 5.78. The maximum absolute atomic E-state index is 13.3. The van der Waals surface area contributed by atoms with Crippen LogP contribution in [0.3, 0.4) is 0 Å². The lowest BCUT2D eigenvalue weighted by molar-refractivity contribution is -0.0778. The van der Waals surface area contributed by atoms with Gasteiger partial charge >= 0.3 is 6.09 Å². The summed E-state index contributed by atoms with van der Waals surface area (Å²) >= 11 is 0. The molecule has 3 fully saturated rings. The molecule has 29 heavy (non-hydrogen) atoms. The number of aliphatic hydroxyl groups excluding tert-OH is 1. The number of hydrogen-bond acceptors (Lipinski definition) is 4. The van der Waals surface area contributed by atoms with Gasteiger partial charge in [0.15, 0.2) is 0 Å². The number of aliphatic hydroxyl groups is 2. The topological polar surface area (TPSA) is 70.0 Å². The van der Waals surface area contributed by atoms with Crippen LogP contribution in [-0.4, -0.2) is 50.1 Å². The fraction of sp³-hybridized carbons (Fsp3) is 0.875. The fourth-order valence-electron chi connectivity index (χ4n) is 6.36. The second kappa shape index (κ2) is 8.22. The summed E-state index contributed by atoms with van der Waals surface area (Å²) in [5, 5.41) is 22.6. The van der Waals surface area contributed by atoms with Crippen molar-refractivity contribution >= 4 is 6.09 Å². The van der Waals surface area contributed by atoms with Crippen LogP contribution in [0.15, 0.2) is 12.2 Å². The van der Waals surface area contributed by atoms with Gasteiger partial charge < -0.3 is 14.9 Å². The Morgan fingerprint density at radius 2 is 1.93 bits per heavy atom. The van der Waals surface area contributed by atoms with E-state index in [-0.39, 0.29) is 18.6 Å². The molecule has 0 radical (unpaired) electrons. The molecule has 4 atom stereocenters. The van der Waals surface area contributed by atoms with Gasteiger partial charge in [-0.05, 0) is 59.3 Å². The molecule has 0 aromatic heterocycles. The van der Waals surface area contributed by atoms with Gasteiger partial charge in [0, 0.05) is 5.92 Å². The number of carbonyl (C=O) groups excluding carboxylic acids is 1. The van der Waals surface area contributed by atoms with Gasteiger partial charge in [-0.15, -0.1) is 0 Å². The van der Waals surface area contributed by atoms with Crippen molar-refractivity contribution < 1.29 is 19.7 Å². The highest BCUT2D eigenvalue weighted by molar-refractivity contribution is 5.73. The van der Waals surface area contributed by atoms with Gasteiger partial charge in [0.25, 0.3) is 0 Å². The Hall–Kier alpha value is -1.07. The average molecular weight is 408 g/mol. The standard InChI is InChI=1S/C24H41NO4/c1-5-6-7-8-9-11-15-24(28)19-13-10-12-14-22(19)16-17-23(24,18-26)25(22)20(27)29-21(2,3)4/h11,15,19,26,28H,5-10,12-14,16-18H2,1-4H3/b15-11+/t19-,22+,23-,24-/m1/s1. The molecule has 2 heterocycles. The van der Waals surface area contributed by atoms with E-state index in [0.29, 0.717) is 6.42 Å². The fourth-order valence-corrected chi connectivity index (χ4v) is 6.36. The summed E-state index contributed by atoms with van der Waals surface area (Å²) in [7, 11) is 0. The monoisotopic (exact) mass is 407 g/mol. The van der Waals surface area contributed by atoms with Crippen LogP contribution in [0.1, 0.15) is 98.3 Å². The third-order valence-corrected chi connectivity index (χ3v) is 7.56. The molecule has 1 saturated carbocycles. The predicted molar refractivity (Wildman–Crippen MR) is 115 cm³/mol. The van der Waals surface area contributed by atoms with E-state index >= 15 is 0 Å². The van der Waals surface area contributed by atoms with Crippen LogP contribution in [0.5, 0.6) is 0 Å². The van der Waals surface area contributed by atoms with Crippen LogP contribution >= 0.6 is 0 Å². The zero-order valence-corrected chi connectivity index (χ0v) is 18.9. The molecule has 0 aromatic carbocycles. The Morgan fingerprint density at radius 1 is 1.17 bits per heavy atom. The van der Waals surface area contributed by atoms with Crippen molar-refractivity contribution in [3.05, 3.63) is 12.2 Å². The van der Waals surface area contributed by atoms with Crippen molar-refractivity contribution in [1.82, 2.24) is 4.90 Å². The average Bonchev–Trinajstić information content (AvgIpc) is 3.08. The molecule has 5 nitrogen and oxygen atoms in total. The first-order valence-electron chi connectivity index (χ1n) is 11.7. The van der Waals surface area contributed by atoms with Crippen LogP contribution in [0.25, 0.3) is 0 Å². The second-order valence-corrected chi connectivity index (χ2v) is 10.5. The molecule has 0 aromatic rings. The molecule has 2 aliphatic heterocycles. The van der Waals surface area contributed by atoms with Crippen LogP contribution in [-0.2, 0) is 4.74 Å². The quantitative estimate of drug-likeness (QED) is 0.463. The van der Waals surface area contributed by atoms with Crippen LogP contribution < -0.4 is 0 Å². The molecule has 2 bridgehead atoms. The number of rotatable bonds is 7. The van der Waals surface area contributed by atoms with Gasteiger partial charge in [-0.25, -0.2) is 4.79 Å². The number of carbonyl (C=O) groups is 1. The number of ether oxygens (including phenoxy) is 1. The van der Waals surface area contributed by atoms with E-state index in [4.69, 9.17) is 4.74 Å². The van der Waals surface area contributed by atoms with Crippen molar-refractivity contribution in [2.75, 3.05) is 6.61 Å². The summed E-state index contributed by atoms with van der Waals surface area (Å²) in [6, 6.07) is 0. The number of amides is 1. The van der Waals surface area contributed by atoms with Gasteiger partial charge in [0.2, 0.25) is 0 Å². The Labute approximate surface area is 176 Å². The molecule has 1 spiro atoms. The SMILES string of the molecule is CCCCCC/C=C/[C@@]1(O)[C@@H]2CCCC[C@]23CC[C@]1(CO)N3C(=O)OC(C)(C)C. The summed E-state index contributed by atoms with van der Waals surface area (Å²) in [4.78, 5) is 15.1. The van der Waals surface area contributed by atoms with Crippen molar-refractivity contribution in [2.45, 2.75) is 121 Å². The first-order chi connectivity index (χ1) is 13.7. The number of allylic oxidation sites excluding steroid dienone is 1. The lowest BCUT2D eigenvalue weighted by Crippen LogP contribution is -2.61. The maximum Gasteiger partial charge on any atom is 0.411 e. The normalized spacial score (nSPS) is 36.6.